The lowest BCUT2D eigenvalue weighted by Crippen LogP contribution is -2.08. The number of alkyl halides is 3. The number of rotatable bonds is 3. The third-order valence-corrected chi connectivity index (χ3v) is 3.06. The zero-order valence-electron chi connectivity index (χ0n) is 11.7. The summed E-state index contributed by atoms with van der Waals surface area (Å²) in [5.74, 6) is -0.551. The standard InChI is InChI=1S/C14H14F3NO3/c1-4-12(19)21-13-7(2)18-10-6-9(14(15,16)17)11(20-3)5-8(10)13/h5-6,18H,4H2,1-3H3. The van der Waals surface area contributed by atoms with Gasteiger partial charge in [0.2, 0.25) is 0 Å². The van der Waals surface area contributed by atoms with Crippen molar-refractivity contribution in [2.75, 3.05) is 7.11 Å². The van der Waals surface area contributed by atoms with Crippen molar-refractivity contribution in [3.05, 3.63) is 23.4 Å². The number of methoxy groups -OCH3 is 1. The summed E-state index contributed by atoms with van der Waals surface area (Å²) in [6, 6.07) is 2.17. The van der Waals surface area contributed by atoms with Gasteiger partial charge >= 0.3 is 12.1 Å². The van der Waals surface area contributed by atoms with Gasteiger partial charge in [-0.25, -0.2) is 0 Å². The average molecular weight is 301 g/mol. The van der Waals surface area contributed by atoms with Crippen LogP contribution in [0.1, 0.15) is 24.6 Å². The molecule has 0 saturated heterocycles. The topological polar surface area (TPSA) is 51.3 Å². The number of carbonyl (C=O) groups excluding carboxylic acids is 1. The van der Waals surface area contributed by atoms with Crippen LogP contribution in [-0.2, 0) is 11.0 Å². The van der Waals surface area contributed by atoms with E-state index in [-0.39, 0.29) is 23.4 Å². The summed E-state index contributed by atoms with van der Waals surface area (Å²) >= 11 is 0. The molecule has 21 heavy (non-hydrogen) atoms. The summed E-state index contributed by atoms with van der Waals surface area (Å²) < 4.78 is 48.8. The average Bonchev–Trinajstić information content (AvgIpc) is 2.72. The molecule has 7 heteroatoms. The fraction of sp³-hybridized carbons (Fsp3) is 0.357. The molecule has 114 valence electrons. The third kappa shape index (κ3) is 2.81. The predicted molar refractivity (Wildman–Crippen MR) is 70.5 cm³/mol. The van der Waals surface area contributed by atoms with Crippen LogP contribution in [0.4, 0.5) is 13.2 Å². The molecule has 0 aliphatic heterocycles. The Morgan fingerprint density at radius 2 is 2.00 bits per heavy atom. The van der Waals surface area contributed by atoms with Crippen LogP contribution in [0.25, 0.3) is 10.9 Å². The Balaban J connectivity index is 2.65. The lowest BCUT2D eigenvalue weighted by molar-refractivity contribution is -0.138. The van der Waals surface area contributed by atoms with Crippen LogP contribution >= 0.6 is 0 Å². The Bertz CT molecular complexity index is 689. The number of nitrogens with one attached hydrogen (secondary N) is 1. The molecule has 1 aromatic carbocycles. The molecular formula is C14H14F3NO3. The number of hydrogen-bond acceptors (Lipinski definition) is 3. The van der Waals surface area contributed by atoms with Crippen molar-refractivity contribution in [3.8, 4) is 11.5 Å². The van der Waals surface area contributed by atoms with Crippen LogP contribution in [0, 0.1) is 6.92 Å². The number of H-pyrrole nitrogens is 1. The Hall–Kier alpha value is -2.18. The van der Waals surface area contributed by atoms with Crippen LogP contribution in [0.15, 0.2) is 12.1 Å². The largest absolute Gasteiger partial charge is 0.496 e. The highest BCUT2D eigenvalue weighted by Gasteiger charge is 2.35. The third-order valence-electron chi connectivity index (χ3n) is 3.06. The smallest absolute Gasteiger partial charge is 0.420 e. The van der Waals surface area contributed by atoms with Gasteiger partial charge in [0.25, 0.3) is 0 Å². The van der Waals surface area contributed by atoms with Crippen molar-refractivity contribution in [3.63, 3.8) is 0 Å². The van der Waals surface area contributed by atoms with E-state index >= 15 is 0 Å². The van der Waals surface area contributed by atoms with E-state index in [0.717, 1.165) is 13.2 Å². The van der Waals surface area contributed by atoms with E-state index in [9.17, 15) is 18.0 Å². The molecule has 0 spiro atoms. The Labute approximate surface area is 118 Å². The number of halogens is 3. The highest BCUT2D eigenvalue weighted by Crippen LogP contribution is 2.41. The first-order valence-electron chi connectivity index (χ1n) is 6.26. The minimum Gasteiger partial charge on any atom is -0.496 e. The van der Waals surface area contributed by atoms with E-state index in [1.54, 1.807) is 13.8 Å². The maximum atomic E-state index is 13.0. The summed E-state index contributed by atoms with van der Waals surface area (Å²) in [5, 5.41) is 0.374. The van der Waals surface area contributed by atoms with E-state index in [4.69, 9.17) is 9.47 Å². The zero-order valence-corrected chi connectivity index (χ0v) is 11.7. The van der Waals surface area contributed by atoms with E-state index in [1.165, 1.54) is 6.07 Å². The predicted octanol–water partition coefficient (Wildman–Crippen LogP) is 3.82. The minimum absolute atomic E-state index is 0.171. The fourth-order valence-electron chi connectivity index (χ4n) is 2.04. The van der Waals surface area contributed by atoms with Crippen molar-refractivity contribution in [1.29, 1.82) is 0 Å². The molecule has 0 fully saturated rings. The molecule has 2 aromatic rings. The lowest BCUT2D eigenvalue weighted by atomic mass is 10.1. The van der Waals surface area contributed by atoms with Gasteiger partial charge in [0.05, 0.1) is 23.9 Å². The molecule has 0 radical (unpaired) electrons. The van der Waals surface area contributed by atoms with Crippen LogP contribution in [0.3, 0.4) is 0 Å². The van der Waals surface area contributed by atoms with Gasteiger partial charge in [-0.3, -0.25) is 4.79 Å². The second-order valence-electron chi connectivity index (χ2n) is 4.50. The van der Waals surface area contributed by atoms with E-state index < -0.39 is 17.7 Å². The lowest BCUT2D eigenvalue weighted by Gasteiger charge is -2.12. The van der Waals surface area contributed by atoms with Crippen LogP contribution in [-0.4, -0.2) is 18.1 Å². The highest BCUT2D eigenvalue weighted by molar-refractivity contribution is 5.92. The first kappa shape index (κ1) is 15.2. The second kappa shape index (κ2) is 5.31. The SMILES string of the molecule is CCC(=O)Oc1c(C)[nH]c2cc(C(F)(F)F)c(OC)cc12. The number of benzene rings is 1. The molecule has 0 unspecified atom stereocenters. The summed E-state index contributed by atoms with van der Waals surface area (Å²) in [5.41, 5.74) is -0.167. The van der Waals surface area contributed by atoms with Crippen molar-refractivity contribution in [1.82, 2.24) is 4.98 Å². The number of hydrogen-bond donors (Lipinski definition) is 1. The Kier molecular flexibility index (Phi) is 3.85. The number of aromatic nitrogens is 1. The molecule has 2 rings (SSSR count). The first-order chi connectivity index (χ1) is 9.77. The molecule has 0 saturated carbocycles. The number of fused-ring (bicyclic) bond motifs is 1. The van der Waals surface area contributed by atoms with E-state index in [0.29, 0.717) is 11.1 Å². The number of aromatic amines is 1. The fourth-order valence-corrected chi connectivity index (χ4v) is 2.04. The van der Waals surface area contributed by atoms with Crippen molar-refractivity contribution >= 4 is 16.9 Å². The molecule has 1 aromatic heterocycles. The maximum Gasteiger partial charge on any atom is 0.420 e. The van der Waals surface area contributed by atoms with Crippen molar-refractivity contribution < 1.29 is 27.4 Å². The molecule has 0 aliphatic rings. The van der Waals surface area contributed by atoms with Gasteiger partial charge in [-0.2, -0.15) is 13.2 Å². The quantitative estimate of drug-likeness (QED) is 0.877. The maximum absolute atomic E-state index is 13.0. The number of aryl methyl sites for hydroxylation is 1. The number of esters is 1. The van der Waals surface area contributed by atoms with Gasteiger partial charge in [0.1, 0.15) is 5.75 Å². The van der Waals surface area contributed by atoms with Gasteiger partial charge in [0.15, 0.2) is 5.75 Å². The zero-order chi connectivity index (χ0) is 15.8. The summed E-state index contributed by atoms with van der Waals surface area (Å²) in [6.45, 7) is 3.26. The number of ether oxygens (including phenoxy) is 2. The van der Waals surface area contributed by atoms with Crippen LogP contribution in [0.5, 0.6) is 11.5 Å². The summed E-state index contributed by atoms with van der Waals surface area (Å²) in [4.78, 5) is 14.2. The van der Waals surface area contributed by atoms with Gasteiger partial charge in [-0.05, 0) is 19.1 Å². The monoisotopic (exact) mass is 301 g/mol. The molecular weight excluding hydrogens is 287 g/mol. The van der Waals surface area contributed by atoms with Gasteiger partial charge in [0, 0.05) is 11.8 Å². The van der Waals surface area contributed by atoms with Gasteiger partial charge in [-0.1, -0.05) is 6.92 Å². The van der Waals surface area contributed by atoms with E-state index in [2.05, 4.69) is 4.98 Å². The molecule has 0 aliphatic carbocycles. The van der Waals surface area contributed by atoms with E-state index in [1.807, 2.05) is 0 Å². The molecule has 0 bridgehead atoms. The molecule has 1 heterocycles. The summed E-state index contributed by atoms with van der Waals surface area (Å²) in [7, 11) is 1.16. The molecule has 0 amide bonds. The second-order valence-corrected chi connectivity index (χ2v) is 4.50. The molecule has 0 atom stereocenters. The minimum atomic E-state index is -4.53. The molecule has 4 nitrogen and oxygen atoms in total. The number of carbonyl (C=O) groups is 1. The van der Waals surface area contributed by atoms with Crippen molar-refractivity contribution in [2.24, 2.45) is 0 Å². The molecule has 1 N–H and O–H groups in total. The van der Waals surface area contributed by atoms with Crippen LogP contribution in [0.2, 0.25) is 0 Å². The highest BCUT2D eigenvalue weighted by atomic mass is 19.4. The normalized spacial score (nSPS) is 11.7. The first-order valence-corrected chi connectivity index (χ1v) is 6.26. The van der Waals surface area contributed by atoms with Crippen molar-refractivity contribution in [2.45, 2.75) is 26.4 Å². The van der Waals surface area contributed by atoms with Gasteiger partial charge < -0.3 is 14.5 Å². The Morgan fingerprint density at radius 3 is 2.52 bits per heavy atom. The Morgan fingerprint density at radius 1 is 1.33 bits per heavy atom. The van der Waals surface area contributed by atoms with Crippen LogP contribution < -0.4 is 9.47 Å². The van der Waals surface area contributed by atoms with Gasteiger partial charge in [-0.15, -0.1) is 0 Å². The summed E-state index contributed by atoms with van der Waals surface area (Å²) in [6.07, 6.45) is -4.36.